The third-order valence-corrected chi connectivity index (χ3v) is 4.53. The Morgan fingerprint density at radius 1 is 1.15 bits per heavy atom. The van der Waals surface area contributed by atoms with Gasteiger partial charge in [0, 0.05) is 22.7 Å². The zero-order chi connectivity index (χ0) is 18.1. The Bertz CT molecular complexity index is 973. The highest BCUT2D eigenvalue weighted by atomic mass is 35.5. The van der Waals surface area contributed by atoms with E-state index in [0.29, 0.717) is 29.6 Å². The van der Waals surface area contributed by atoms with Crippen LogP contribution >= 0.6 is 11.6 Å². The molecule has 0 saturated heterocycles. The molecule has 0 radical (unpaired) electrons. The van der Waals surface area contributed by atoms with E-state index in [2.05, 4.69) is 15.5 Å². The normalized spacial score (nSPS) is 13.2. The highest BCUT2D eigenvalue weighted by Crippen LogP contribution is 2.36. The van der Waals surface area contributed by atoms with E-state index in [1.807, 2.05) is 36.4 Å². The molecule has 1 aromatic heterocycles. The van der Waals surface area contributed by atoms with Gasteiger partial charge in [-0.1, -0.05) is 41.0 Å². The fraction of sp³-hybridized carbons (Fsp3) is 0.176. The van der Waals surface area contributed by atoms with E-state index in [9.17, 15) is 4.79 Å². The van der Waals surface area contributed by atoms with E-state index in [1.165, 1.54) is 4.68 Å². The zero-order valence-electron chi connectivity index (χ0n) is 13.7. The molecular weight excluding hydrogens is 356 g/mol. The summed E-state index contributed by atoms with van der Waals surface area (Å²) in [5, 5.41) is 11.3. The largest absolute Gasteiger partial charge is 0.457 e. The molecule has 0 bridgehead atoms. The predicted octanol–water partition coefficient (Wildman–Crippen LogP) is 2.24. The Morgan fingerprint density at radius 2 is 1.96 bits per heavy atom. The van der Waals surface area contributed by atoms with Gasteiger partial charge in [0.2, 0.25) is 11.9 Å². The van der Waals surface area contributed by atoms with Crippen LogP contribution < -0.4 is 10.5 Å². The summed E-state index contributed by atoms with van der Waals surface area (Å²) >= 11 is 6.36. The van der Waals surface area contributed by atoms with Gasteiger partial charge in [-0.15, -0.1) is 0 Å². The fourth-order valence-electron chi connectivity index (χ4n) is 2.82. The van der Waals surface area contributed by atoms with Crippen molar-refractivity contribution in [3.63, 3.8) is 0 Å². The van der Waals surface area contributed by atoms with Crippen molar-refractivity contribution < 1.29 is 9.53 Å². The lowest BCUT2D eigenvalue weighted by molar-refractivity contribution is -0.133. The molecule has 2 N–H and O–H groups in total. The van der Waals surface area contributed by atoms with Gasteiger partial charge >= 0.3 is 0 Å². The van der Waals surface area contributed by atoms with Gasteiger partial charge in [-0.25, -0.2) is 4.68 Å². The summed E-state index contributed by atoms with van der Waals surface area (Å²) in [5.41, 5.74) is 7.32. The smallest absolute Gasteiger partial charge is 0.245 e. The number of rotatable bonds is 2. The number of para-hydroxylation sites is 1. The molecule has 0 atom stereocenters. The van der Waals surface area contributed by atoms with Crippen molar-refractivity contribution in [3.05, 3.63) is 58.6 Å². The van der Waals surface area contributed by atoms with E-state index < -0.39 is 0 Å². The molecule has 1 amide bonds. The van der Waals surface area contributed by atoms with Crippen molar-refractivity contribution in [2.45, 2.75) is 19.6 Å². The highest BCUT2D eigenvalue weighted by Gasteiger charge is 2.24. The van der Waals surface area contributed by atoms with Gasteiger partial charge < -0.3 is 15.4 Å². The minimum atomic E-state index is -0.174. The lowest BCUT2D eigenvalue weighted by Crippen LogP contribution is -2.34. The van der Waals surface area contributed by atoms with Crippen LogP contribution in [0.25, 0.3) is 0 Å². The molecule has 132 valence electrons. The molecule has 4 rings (SSSR count). The molecule has 3 aromatic rings. The molecule has 8 nitrogen and oxygen atoms in total. The van der Waals surface area contributed by atoms with Crippen molar-refractivity contribution in [1.82, 2.24) is 25.1 Å². The quantitative estimate of drug-likeness (QED) is 0.742. The first-order valence-corrected chi connectivity index (χ1v) is 8.32. The van der Waals surface area contributed by atoms with Gasteiger partial charge in [0.05, 0.1) is 6.54 Å². The van der Waals surface area contributed by atoms with Crippen LogP contribution in [0.1, 0.15) is 11.1 Å². The van der Waals surface area contributed by atoms with Crippen LogP contribution in [0.3, 0.4) is 0 Å². The molecule has 0 aliphatic carbocycles. The number of halogens is 1. The van der Waals surface area contributed by atoms with E-state index >= 15 is 0 Å². The number of nitrogens with two attached hydrogens (primary N) is 1. The number of tetrazole rings is 1. The number of nitrogen functional groups attached to an aromatic ring is 1. The summed E-state index contributed by atoms with van der Waals surface area (Å²) in [6.45, 7) is 0.632. The first-order valence-electron chi connectivity index (χ1n) is 7.94. The van der Waals surface area contributed by atoms with Crippen LogP contribution in [0.4, 0.5) is 5.95 Å². The molecule has 0 saturated carbocycles. The highest BCUT2D eigenvalue weighted by molar-refractivity contribution is 6.31. The number of fused-ring (bicyclic) bond motifs is 2. The molecule has 1 aliphatic rings. The van der Waals surface area contributed by atoms with Crippen LogP contribution in [0.15, 0.2) is 42.5 Å². The summed E-state index contributed by atoms with van der Waals surface area (Å²) < 4.78 is 7.30. The second kappa shape index (κ2) is 6.64. The fourth-order valence-corrected chi connectivity index (χ4v) is 3.05. The average Bonchev–Trinajstić information content (AvgIpc) is 3.01. The summed E-state index contributed by atoms with van der Waals surface area (Å²) in [4.78, 5) is 14.6. The monoisotopic (exact) mass is 370 g/mol. The van der Waals surface area contributed by atoms with Crippen LogP contribution in [0, 0.1) is 0 Å². The van der Waals surface area contributed by atoms with Crippen LogP contribution in [0.5, 0.6) is 11.5 Å². The number of nitrogens with zero attached hydrogens (tertiary/aromatic N) is 5. The number of carbonyl (C=O) groups excluding carboxylic acids is 1. The standard InChI is InChI=1S/C17H15ClN6O2/c18-13-5-3-7-15-12(13)9-23(8-11-4-1-2-6-14(11)26-15)16(25)10-24-17(19)20-21-22-24/h1-7H,8-10H2,(H2,19,20,22). The first kappa shape index (κ1) is 16.3. The molecule has 2 heterocycles. The molecular formula is C17H15ClN6O2. The van der Waals surface area contributed by atoms with Crippen molar-refractivity contribution in [1.29, 1.82) is 0 Å². The maximum absolute atomic E-state index is 12.9. The van der Waals surface area contributed by atoms with Crippen molar-refractivity contribution in [2.24, 2.45) is 0 Å². The number of carbonyl (C=O) groups is 1. The third kappa shape index (κ3) is 3.06. The molecule has 9 heteroatoms. The SMILES string of the molecule is Nc1nnnn1CC(=O)N1Cc2ccccc2Oc2cccc(Cl)c2C1. The zero-order valence-corrected chi connectivity index (χ0v) is 14.4. The number of aromatic nitrogens is 4. The van der Waals surface area contributed by atoms with Crippen molar-refractivity contribution in [3.8, 4) is 11.5 Å². The van der Waals surface area contributed by atoms with Crippen molar-refractivity contribution >= 4 is 23.5 Å². The number of amides is 1. The lowest BCUT2D eigenvalue weighted by atomic mass is 10.1. The second-order valence-corrected chi connectivity index (χ2v) is 6.28. The maximum Gasteiger partial charge on any atom is 0.245 e. The summed E-state index contributed by atoms with van der Waals surface area (Å²) in [5.74, 6) is 1.24. The molecule has 0 unspecified atom stereocenters. The number of anilines is 1. The van der Waals surface area contributed by atoms with Crippen LogP contribution in [0.2, 0.25) is 5.02 Å². The minimum absolute atomic E-state index is 0.0539. The van der Waals surface area contributed by atoms with Gasteiger partial charge in [0.25, 0.3) is 0 Å². The Hall–Kier alpha value is -3.13. The van der Waals surface area contributed by atoms with E-state index in [4.69, 9.17) is 22.1 Å². The van der Waals surface area contributed by atoms with Gasteiger partial charge in [-0.2, -0.15) is 0 Å². The van der Waals surface area contributed by atoms with E-state index in [0.717, 1.165) is 11.1 Å². The Kier molecular flexibility index (Phi) is 4.18. The third-order valence-electron chi connectivity index (χ3n) is 4.18. The first-order chi connectivity index (χ1) is 12.6. The van der Waals surface area contributed by atoms with E-state index in [-0.39, 0.29) is 18.4 Å². The molecule has 1 aliphatic heterocycles. The molecule has 2 aromatic carbocycles. The Morgan fingerprint density at radius 3 is 2.77 bits per heavy atom. The molecule has 26 heavy (non-hydrogen) atoms. The molecule has 0 spiro atoms. The minimum Gasteiger partial charge on any atom is -0.457 e. The molecule has 0 fully saturated rings. The van der Waals surface area contributed by atoms with Crippen LogP contribution in [-0.2, 0) is 24.4 Å². The van der Waals surface area contributed by atoms with Gasteiger partial charge in [-0.3, -0.25) is 4.79 Å². The summed E-state index contributed by atoms with van der Waals surface area (Å²) in [6.07, 6.45) is 0. The van der Waals surface area contributed by atoms with Gasteiger partial charge in [-0.05, 0) is 28.6 Å². The Labute approximate surface area is 154 Å². The van der Waals surface area contributed by atoms with Crippen LogP contribution in [-0.4, -0.2) is 31.0 Å². The Balaban J connectivity index is 1.72. The number of hydrogen-bond donors (Lipinski definition) is 1. The van der Waals surface area contributed by atoms with Gasteiger partial charge in [0.1, 0.15) is 18.0 Å². The summed E-state index contributed by atoms with van der Waals surface area (Å²) in [6, 6.07) is 13.0. The number of benzene rings is 2. The topological polar surface area (TPSA) is 99.2 Å². The second-order valence-electron chi connectivity index (χ2n) is 5.87. The van der Waals surface area contributed by atoms with Gasteiger partial charge in [0.15, 0.2) is 0 Å². The number of ether oxygens (including phenoxy) is 1. The average molecular weight is 371 g/mol. The predicted molar refractivity (Wildman–Crippen MR) is 94.5 cm³/mol. The summed E-state index contributed by atoms with van der Waals surface area (Å²) in [7, 11) is 0. The lowest BCUT2D eigenvalue weighted by Gasteiger charge is -2.28. The number of hydrogen-bond acceptors (Lipinski definition) is 6. The van der Waals surface area contributed by atoms with Crippen molar-refractivity contribution in [2.75, 3.05) is 5.73 Å². The maximum atomic E-state index is 12.9. The van der Waals surface area contributed by atoms with E-state index in [1.54, 1.807) is 11.0 Å².